The van der Waals surface area contributed by atoms with Crippen LogP contribution in [-0.4, -0.2) is 35.6 Å². The minimum absolute atomic E-state index is 0.660. The first-order valence-corrected chi connectivity index (χ1v) is 7.06. The van der Waals surface area contributed by atoms with Gasteiger partial charge < -0.3 is 5.32 Å². The second-order valence-corrected chi connectivity index (χ2v) is 5.52. The van der Waals surface area contributed by atoms with Crippen LogP contribution in [0.2, 0.25) is 0 Å². The van der Waals surface area contributed by atoms with Gasteiger partial charge in [0.15, 0.2) is 0 Å². The van der Waals surface area contributed by atoms with Crippen LogP contribution < -0.4 is 5.32 Å². The zero-order chi connectivity index (χ0) is 11.2. The highest BCUT2D eigenvalue weighted by molar-refractivity contribution is 7.09. The number of aromatic nitrogens is 1. The summed E-state index contributed by atoms with van der Waals surface area (Å²) in [6.07, 6.45) is 6.11. The molecule has 1 atom stereocenters. The fraction of sp³-hybridized carbons (Fsp3) is 0.750. The molecule has 1 N–H and O–H groups in total. The van der Waals surface area contributed by atoms with Crippen molar-refractivity contribution in [3.05, 3.63) is 16.6 Å². The Bertz CT molecular complexity index is 280. The molecule has 0 aliphatic carbocycles. The fourth-order valence-corrected chi connectivity index (χ4v) is 2.79. The molecule has 1 aromatic rings. The number of hydrogen-bond acceptors (Lipinski definition) is 4. The van der Waals surface area contributed by atoms with Gasteiger partial charge in [0, 0.05) is 30.2 Å². The van der Waals surface area contributed by atoms with Crippen molar-refractivity contribution in [3.63, 3.8) is 0 Å². The first kappa shape index (κ1) is 12.0. The van der Waals surface area contributed by atoms with Gasteiger partial charge >= 0.3 is 0 Å². The van der Waals surface area contributed by atoms with E-state index in [0.29, 0.717) is 6.04 Å². The summed E-state index contributed by atoms with van der Waals surface area (Å²) < 4.78 is 0. The maximum Gasteiger partial charge on any atom is 0.0794 e. The van der Waals surface area contributed by atoms with Crippen LogP contribution in [0.4, 0.5) is 0 Å². The molecule has 2 heterocycles. The lowest BCUT2D eigenvalue weighted by Gasteiger charge is -2.32. The second kappa shape index (κ2) is 6.33. The number of hydrogen-bond donors (Lipinski definition) is 1. The van der Waals surface area contributed by atoms with Crippen LogP contribution in [0.3, 0.4) is 0 Å². The largest absolute Gasteiger partial charge is 0.310 e. The van der Waals surface area contributed by atoms with Crippen molar-refractivity contribution in [2.24, 2.45) is 0 Å². The molecular weight excluding hydrogens is 218 g/mol. The Labute approximate surface area is 102 Å². The summed E-state index contributed by atoms with van der Waals surface area (Å²) >= 11 is 1.72. The van der Waals surface area contributed by atoms with Gasteiger partial charge in [-0.2, -0.15) is 0 Å². The highest BCUT2D eigenvalue weighted by Gasteiger charge is 2.15. The molecule has 0 saturated carbocycles. The van der Waals surface area contributed by atoms with Crippen molar-refractivity contribution in [1.82, 2.24) is 15.2 Å². The third-order valence-electron chi connectivity index (χ3n) is 3.24. The summed E-state index contributed by atoms with van der Waals surface area (Å²) in [7, 11) is 0. The fourth-order valence-electron chi connectivity index (χ4n) is 2.22. The number of rotatable bonds is 5. The van der Waals surface area contributed by atoms with E-state index in [0.717, 1.165) is 13.1 Å². The van der Waals surface area contributed by atoms with E-state index in [2.05, 4.69) is 22.1 Å². The van der Waals surface area contributed by atoms with Gasteiger partial charge in [0.2, 0.25) is 0 Å². The molecule has 1 fully saturated rings. The molecule has 1 aliphatic heterocycles. The predicted octanol–water partition coefficient (Wildman–Crippen LogP) is 2.11. The van der Waals surface area contributed by atoms with Gasteiger partial charge in [-0.3, -0.25) is 9.88 Å². The van der Waals surface area contributed by atoms with E-state index in [1.807, 2.05) is 11.7 Å². The SMILES string of the molecule is CC(CNCc1cncs1)N1CCCCC1. The van der Waals surface area contributed by atoms with Crippen LogP contribution in [0, 0.1) is 0 Å². The first-order chi connectivity index (χ1) is 7.86. The van der Waals surface area contributed by atoms with E-state index in [1.165, 1.54) is 37.2 Å². The van der Waals surface area contributed by atoms with Crippen molar-refractivity contribution >= 4 is 11.3 Å². The predicted molar refractivity (Wildman–Crippen MR) is 68.7 cm³/mol. The highest BCUT2D eigenvalue weighted by atomic mass is 32.1. The Hall–Kier alpha value is -0.450. The van der Waals surface area contributed by atoms with Gasteiger partial charge in [-0.05, 0) is 32.9 Å². The van der Waals surface area contributed by atoms with Gasteiger partial charge in [0.25, 0.3) is 0 Å². The molecule has 2 rings (SSSR count). The lowest BCUT2D eigenvalue weighted by atomic mass is 10.1. The molecule has 1 aliphatic rings. The second-order valence-electron chi connectivity index (χ2n) is 4.54. The molecule has 16 heavy (non-hydrogen) atoms. The molecule has 1 aromatic heterocycles. The Morgan fingerprint density at radius 1 is 1.44 bits per heavy atom. The van der Waals surface area contributed by atoms with Gasteiger partial charge in [0.1, 0.15) is 0 Å². The third kappa shape index (κ3) is 3.54. The third-order valence-corrected chi connectivity index (χ3v) is 4.02. The molecule has 1 unspecified atom stereocenters. The maximum atomic E-state index is 4.08. The lowest BCUT2D eigenvalue weighted by Crippen LogP contribution is -2.42. The van der Waals surface area contributed by atoms with E-state index < -0.39 is 0 Å². The summed E-state index contributed by atoms with van der Waals surface area (Å²) in [5.41, 5.74) is 1.89. The van der Waals surface area contributed by atoms with Crippen molar-refractivity contribution < 1.29 is 0 Å². The molecule has 0 bridgehead atoms. The van der Waals surface area contributed by atoms with E-state index in [4.69, 9.17) is 0 Å². The molecule has 0 spiro atoms. The molecular formula is C12H21N3S. The minimum Gasteiger partial charge on any atom is -0.310 e. The van der Waals surface area contributed by atoms with E-state index >= 15 is 0 Å². The van der Waals surface area contributed by atoms with Crippen LogP contribution >= 0.6 is 11.3 Å². The zero-order valence-electron chi connectivity index (χ0n) is 9.98. The van der Waals surface area contributed by atoms with Crippen LogP contribution in [0.5, 0.6) is 0 Å². The average Bonchev–Trinajstić information content (AvgIpc) is 2.83. The van der Waals surface area contributed by atoms with Crippen molar-refractivity contribution in [2.45, 2.75) is 38.8 Å². The number of piperidine rings is 1. The van der Waals surface area contributed by atoms with E-state index in [-0.39, 0.29) is 0 Å². The summed E-state index contributed by atoms with van der Waals surface area (Å²) in [6, 6.07) is 0.660. The summed E-state index contributed by atoms with van der Waals surface area (Å²) in [5, 5.41) is 3.51. The molecule has 1 saturated heterocycles. The molecule has 3 nitrogen and oxygen atoms in total. The van der Waals surface area contributed by atoms with Crippen LogP contribution in [0.1, 0.15) is 31.1 Å². The van der Waals surface area contributed by atoms with Crippen LogP contribution in [-0.2, 0) is 6.54 Å². The maximum absolute atomic E-state index is 4.08. The van der Waals surface area contributed by atoms with Gasteiger partial charge in [-0.15, -0.1) is 11.3 Å². The number of thiazole rings is 1. The molecule has 90 valence electrons. The monoisotopic (exact) mass is 239 g/mol. The number of nitrogens with one attached hydrogen (secondary N) is 1. The van der Waals surface area contributed by atoms with Crippen LogP contribution in [0.25, 0.3) is 0 Å². The molecule has 0 aromatic carbocycles. The number of likely N-dealkylation sites (tertiary alicyclic amines) is 1. The highest BCUT2D eigenvalue weighted by Crippen LogP contribution is 2.11. The quantitative estimate of drug-likeness (QED) is 0.853. The Morgan fingerprint density at radius 3 is 2.94 bits per heavy atom. The van der Waals surface area contributed by atoms with Crippen molar-refractivity contribution in [2.75, 3.05) is 19.6 Å². The van der Waals surface area contributed by atoms with Gasteiger partial charge in [-0.1, -0.05) is 6.42 Å². The normalized spacial score (nSPS) is 19.8. The van der Waals surface area contributed by atoms with Crippen molar-refractivity contribution in [3.8, 4) is 0 Å². The Balaban J connectivity index is 1.65. The Morgan fingerprint density at radius 2 is 2.25 bits per heavy atom. The minimum atomic E-state index is 0.660. The number of nitrogens with zero attached hydrogens (tertiary/aromatic N) is 2. The average molecular weight is 239 g/mol. The van der Waals surface area contributed by atoms with Gasteiger partial charge in [-0.25, -0.2) is 0 Å². The van der Waals surface area contributed by atoms with E-state index in [9.17, 15) is 0 Å². The van der Waals surface area contributed by atoms with Gasteiger partial charge in [0.05, 0.1) is 5.51 Å². The summed E-state index contributed by atoms with van der Waals surface area (Å²) in [4.78, 5) is 8.00. The zero-order valence-corrected chi connectivity index (χ0v) is 10.8. The summed E-state index contributed by atoms with van der Waals surface area (Å²) in [6.45, 7) is 6.93. The lowest BCUT2D eigenvalue weighted by molar-refractivity contribution is 0.171. The van der Waals surface area contributed by atoms with Crippen molar-refractivity contribution in [1.29, 1.82) is 0 Å². The molecule has 4 heteroatoms. The smallest absolute Gasteiger partial charge is 0.0794 e. The standard InChI is InChI=1S/C12H21N3S/c1-11(15-5-3-2-4-6-15)7-13-8-12-9-14-10-16-12/h9-11,13H,2-8H2,1H3. The van der Waals surface area contributed by atoms with E-state index in [1.54, 1.807) is 11.3 Å². The topological polar surface area (TPSA) is 28.2 Å². The molecule has 0 radical (unpaired) electrons. The molecule has 0 amide bonds. The van der Waals surface area contributed by atoms with Crippen LogP contribution in [0.15, 0.2) is 11.7 Å². The summed E-state index contributed by atoms with van der Waals surface area (Å²) in [5.74, 6) is 0. The Kier molecular flexibility index (Phi) is 4.75. The first-order valence-electron chi connectivity index (χ1n) is 6.18.